The average molecular weight is 373 g/mol. The summed E-state index contributed by atoms with van der Waals surface area (Å²) in [6.45, 7) is 10.8. The fourth-order valence-electron chi connectivity index (χ4n) is 4.13. The van der Waals surface area contributed by atoms with Crippen molar-refractivity contribution in [3.05, 3.63) is 29.8 Å². The van der Waals surface area contributed by atoms with Crippen LogP contribution in [0.5, 0.6) is 0 Å². The van der Waals surface area contributed by atoms with Crippen molar-refractivity contribution in [3.8, 4) is 0 Å². The predicted octanol–water partition coefficient (Wildman–Crippen LogP) is 3.02. The number of carbonyl (C=O) groups is 2. The maximum Gasteiger partial charge on any atom is 0.407 e. The number of anilines is 1. The number of para-hydroxylation sites is 1. The second-order valence-electron chi connectivity index (χ2n) is 8.62. The highest BCUT2D eigenvalue weighted by molar-refractivity contribution is 5.79. The highest BCUT2D eigenvalue weighted by Crippen LogP contribution is 2.32. The van der Waals surface area contributed by atoms with Gasteiger partial charge in [-0.15, -0.1) is 0 Å². The van der Waals surface area contributed by atoms with Gasteiger partial charge in [0.2, 0.25) is 5.91 Å². The van der Waals surface area contributed by atoms with E-state index in [1.165, 1.54) is 16.2 Å². The number of amides is 2. The van der Waals surface area contributed by atoms with Crippen LogP contribution in [-0.2, 0) is 10.2 Å². The van der Waals surface area contributed by atoms with Gasteiger partial charge in [-0.05, 0) is 29.9 Å². The predicted molar refractivity (Wildman–Crippen MR) is 106 cm³/mol. The van der Waals surface area contributed by atoms with Gasteiger partial charge in [-0.25, -0.2) is 4.79 Å². The lowest BCUT2D eigenvalue weighted by Crippen LogP contribution is -2.52. The van der Waals surface area contributed by atoms with E-state index >= 15 is 0 Å². The Bertz CT molecular complexity index is 682. The van der Waals surface area contributed by atoms with Crippen LogP contribution in [0.15, 0.2) is 24.3 Å². The second-order valence-corrected chi connectivity index (χ2v) is 8.62. The monoisotopic (exact) mass is 373 g/mol. The molecule has 1 aromatic carbocycles. The lowest BCUT2D eigenvalue weighted by atomic mass is 9.85. The number of piperazine rings is 1. The first-order chi connectivity index (χ1) is 12.8. The molecule has 6 nitrogen and oxygen atoms in total. The molecule has 2 aliphatic rings. The van der Waals surface area contributed by atoms with E-state index in [4.69, 9.17) is 5.11 Å². The highest BCUT2D eigenvalue weighted by atomic mass is 16.4. The van der Waals surface area contributed by atoms with Crippen molar-refractivity contribution in [2.24, 2.45) is 5.92 Å². The minimum Gasteiger partial charge on any atom is -0.465 e. The van der Waals surface area contributed by atoms with E-state index in [0.29, 0.717) is 25.9 Å². The Balaban J connectivity index is 1.58. The smallest absolute Gasteiger partial charge is 0.407 e. The lowest BCUT2D eigenvalue weighted by molar-refractivity contribution is -0.137. The second kappa shape index (κ2) is 7.79. The molecule has 0 radical (unpaired) electrons. The quantitative estimate of drug-likeness (QED) is 0.865. The summed E-state index contributed by atoms with van der Waals surface area (Å²) in [5.74, 6) is 0.165. The molecule has 0 aromatic heterocycles. The van der Waals surface area contributed by atoms with Crippen LogP contribution in [0.25, 0.3) is 0 Å². The third-order valence-electron chi connectivity index (χ3n) is 5.76. The maximum atomic E-state index is 12.8. The number of rotatable bonds is 2. The number of nitrogens with zero attached hydrogens (tertiary/aromatic N) is 3. The molecule has 2 fully saturated rings. The van der Waals surface area contributed by atoms with Crippen LogP contribution >= 0.6 is 0 Å². The minimum atomic E-state index is -0.882. The first kappa shape index (κ1) is 19.5. The van der Waals surface area contributed by atoms with Crippen LogP contribution in [0.1, 0.15) is 39.2 Å². The Kier molecular flexibility index (Phi) is 5.63. The molecule has 0 saturated carbocycles. The summed E-state index contributed by atoms with van der Waals surface area (Å²) in [5, 5.41) is 9.05. The summed E-state index contributed by atoms with van der Waals surface area (Å²) in [4.78, 5) is 29.6. The van der Waals surface area contributed by atoms with Gasteiger partial charge in [0.1, 0.15) is 0 Å². The molecule has 2 heterocycles. The topological polar surface area (TPSA) is 64.1 Å². The van der Waals surface area contributed by atoms with Crippen LogP contribution in [0.2, 0.25) is 0 Å². The number of carbonyl (C=O) groups excluding carboxylic acids is 1. The van der Waals surface area contributed by atoms with Crippen molar-refractivity contribution < 1.29 is 14.7 Å². The van der Waals surface area contributed by atoms with Crippen LogP contribution in [-0.4, -0.2) is 66.2 Å². The molecule has 3 rings (SSSR count). The van der Waals surface area contributed by atoms with E-state index in [1.54, 1.807) is 0 Å². The van der Waals surface area contributed by atoms with Gasteiger partial charge >= 0.3 is 6.09 Å². The summed E-state index contributed by atoms with van der Waals surface area (Å²) in [5.41, 5.74) is 2.69. The summed E-state index contributed by atoms with van der Waals surface area (Å²) in [6.07, 6.45) is 0.392. The minimum absolute atomic E-state index is 0.0333. The van der Waals surface area contributed by atoms with Gasteiger partial charge < -0.3 is 19.8 Å². The first-order valence-corrected chi connectivity index (χ1v) is 9.88. The van der Waals surface area contributed by atoms with Gasteiger partial charge in [-0.1, -0.05) is 39.0 Å². The van der Waals surface area contributed by atoms with Crippen molar-refractivity contribution >= 4 is 17.7 Å². The molecule has 1 aromatic rings. The Labute approximate surface area is 161 Å². The molecule has 1 N–H and O–H groups in total. The molecule has 148 valence electrons. The van der Waals surface area contributed by atoms with Crippen LogP contribution in [0.4, 0.5) is 10.5 Å². The first-order valence-electron chi connectivity index (χ1n) is 9.88. The third-order valence-corrected chi connectivity index (χ3v) is 5.76. The fourth-order valence-corrected chi connectivity index (χ4v) is 4.13. The van der Waals surface area contributed by atoms with E-state index in [0.717, 1.165) is 26.2 Å². The zero-order valence-corrected chi connectivity index (χ0v) is 16.6. The van der Waals surface area contributed by atoms with E-state index < -0.39 is 6.09 Å². The molecule has 0 bridgehead atoms. The van der Waals surface area contributed by atoms with Gasteiger partial charge in [-0.2, -0.15) is 0 Å². The lowest BCUT2D eigenvalue weighted by Gasteiger charge is -2.40. The summed E-state index contributed by atoms with van der Waals surface area (Å²) in [7, 11) is 0. The van der Waals surface area contributed by atoms with E-state index in [1.807, 2.05) is 4.90 Å². The Morgan fingerprint density at radius 1 is 0.926 bits per heavy atom. The van der Waals surface area contributed by atoms with Crippen molar-refractivity contribution in [2.45, 2.75) is 39.0 Å². The summed E-state index contributed by atoms with van der Waals surface area (Å²) in [6, 6.07) is 8.55. The third kappa shape index (κ3) is 4.37. The maximum absolute atomic E-state index is 12.8. The molecular weight excluding hydrogens is 342 g/mol. The zero-order chi connectivity index (χ0) is 19.6. The van der Waals surface area contributed by atoms with Gasteiger partial charge in [0.15, 0.2) is 0 Å². The zero-order valence-electron chi connectivity index (χ0n) is 16.6. The number of hydrogen-bond donors (Lipinski definition) is 1. The largest absolute Gasteiger partial charge is 0.465 e. The molecular formula is C21H31N3O3. The molecule has 6 heteroatoms. The van der Waals surface area contributed by atoms with Crippen molar-refractivity contribution in [3.63, 3.8) is 0 Å². The van der Waals surface area contributed by atoms with Crippen molar-refractivity contribution in [1.82, 2.24) is 9.80 Å². The van der Waals surface area contributed by atoms with Gasteiger partial charge in [0.25, 0.3) is 0 Å². The summed E-state index contributed by atoms with van der Waals surface area (Å²) >= 11 is 0. The van der Waals surface area contributed by atoms with Crippen LogP contribution < -0.4 is 4.90 Å². The van der Waals surface area contributed by atoms with Gasteiger partial charge in [0.05, 0.1) is 0 Å². The van der Waals surface area contributed by atoms with E-state index in [-0.39, 0.29) is 17.2 Å². The van der Waals surface area contributed by atoms with Crippen molar-refractivity contribution in [1.29, 1.82) is 0 Å². The summed E-state index contributed by atoms with van der Waals surface area (Å²) < 4.78 is 0. The number of likely N-dealkylation sites (tertiary alicyclic amines) is 1. The number of benzene rings is 1. The molecule has 2 amide bonds. The van der Waals surface area contributed by atoms with Crippen molar-refractivity contribution in [2.75, 3.05) is 44.2 Å². The molecule has 2 saturated heterocycles. The molecule has 0 aliphatic carbocycles. The normalized spacial score (nSPS) is 19.3. The average Bonchev–Trinajstić information content (AvgIpc) is 2.67. The molecule has 0 unspecified atom stereocenters. The van der Waals surface area contributed by atoms with E-state index in [9.17, 15) is 9.59 Å². The highest BCUT2D eigenvalue weighted by Gasteiger charge is 2.32. The molecule has 0 spiro atoms. The standard InChI is InChI=1S/C21H31N3O3/c1-21(2,3)17-6-4-5-7-18(17)22-12-14-23(15-13-22)19(25)16-8-10-24(11-9-16)20(26)27/h4-7,16H,8-15H2,1-3H3,(H,26,27). The Hall–Kier alpha value is -2.24. The van der Waals surface area contributed by atoms with Gasteiger partial charge in [0, 0.05) is 50.9 Å². The van der Waals surface area contributed by atoms with E-state index in [2.05, 4.69) is 49.9 Å². The number of carboxylic acid groups (broad SMARTS) is 1. The molecule has 27 heavy (non-hydrogen) atoms. The van der Waals surface area contributed by atoms with Gasteiger partial charge in [-0.3, -0.25) is 4.79 Å². The molecule has 2 aliphatic heterocycles. The molecule has 0 atom stereocenters. The Morgan fingerprint density at radius 2 is 1.52 bits per heavy atom. The van der Waals surface area contributed by atoms with Crippen LogP contribution in [0, 0.1) is 5.92 Å². The SMILES string of the molecule is CC(C)(C)c1ccccc1N1CCN(C(=O)C2CCN(C(=O)O)CC2)CC1. The van der Waals surface area contributed by atoms with Crippen LogP contribution in [0.3, 0.4) is 0 Å². The number of piperidine rings is 1. The number of hydrogen-bond acceptors (Lipinski definition) is 3. The fraction of sp³-hybridized carbons (Fsp3) is 0.619. The Morgan fingerprint density at radius 3 is 2.07 bits per heavy atom.